The number of hydrogen-bond acceptors (Lipinski definition) is 9. The molecule has 2 aliphatic rings. The number of carboxylic acid groups (broad SMARTS) is 1. The van der Waals surface area contributed by atoms with Crippen LogP contribution in [0.5, 0.6) is 0 Å². The highest BCUT2D eigenvalue weighted by Crippen LogP contribution is 2.25. The molecule has 0 amide bonds. The van der Waals surface area contributed by atoms with Gasteiger partial charge in [0.05, 0.1) is 11.5 Å². The molecule has 0 bridgehead atoms. The van der Waals surface area contributed by atoms with Crippen LogP contribution >= 0.6 is 11.3 Å². The first-order chi connectivity index (χ1) is 17.7. The second kappa shape index (κ2) is 11.9. The number of carboxylic acids is 1. The lowest BCUT2D eigenvalue weighted by atomic mass is 10.1. The number of pyridine rings is 1. The van der Waals surface area contributed by atoms with Gasteiger partial charge in [0, 0.05) is 31.8 Å². The van der Waals surface area contributed by atoms with Crippen LogP contribution in [-0.2, 0) is 22.4 Å². The van der Waals surface area contributed by atoms with Gasteiger partial charge < -0.3 is 25.4 Å². The summed E-state index contributed by atoms with van der Waals surface area (Å²) in [5.41, 5.74) is 2.49. The molecule has 2 atom stereocenters. The number of rotatable bonds is 11. The number of aryl methyl sites for hydroxylation is 2. The minimum Gasteiger partial charge on any atom is -0.480 e. The summed E-state index contributed by atoms with van der Waals surface area (Å²) in [5, 5.41) is 19.0. The summed E-state index contributed by atoms with van der Waals surface area (Å²) < 4.78 is 6.13. The first-order valence-electron chi connectivity index (χ1n) is 12.9. The van der Waals surface area contributed by atoms with Gasteiger partial charge in [-0.05, 0) is 74.7 Å². The summed E-state index contributed by atoms with van der Waals surface area (Å²) >= 11 is 1.51. The van der Waals surface area contributed by atoms with Crippen molar-refractivity contribution in [1.29, 1.82) is 0 Å². The molecule has 192 valence electrons. The Bertz CT molecular complexity index is 1170. The first kappa shape index (κ1) is 24.9. The molecule has 5 rings (SSSR count). The smallest absolute Gasteiger partial charge is 0.326 e. The minimum absolute atomic E-state index is 0.141. The topological polar surface area (TPSA) is 112 Å². The Hall–Kier alpha value is -2.82. The molecule has 3 aromatic rings. The van der Waals surface area contributed by atoms with Crippen molar-refractivity contribution in [1.82, 2.24) is 19.9 Å². The largest absolute Gasteiger partial charge is 0.480 e. The molecule has 0 aliphatic carbocycles. The first-order valence-corrected chi connectivity index (χ1v) is 13.8. The van der Waals surface area contributed by atoms with Crippen LogP contribution in [0.1, 0.15) is 43.4 Å². The molecule has 0 spiro atoms. The van der Waals surface area contributed by atoms with E-state index in [0.717, 1.165) is 80.0 Å². The van der Waals surface area contributed by atoms with Crippen LogP contribution in [0.2, 0.25) is 0 Å². The highest BCUT2D eigenvalue weighted by atomic mass is 32.1. The average Bonchev–Trinajstić information content (AvgIpc) is 3.38. The minimum atomic E-state index is -0.906. The molecule has 10 heteroatoms. The summed E-state index contributed by atoms with van der Waals surface area (Å²) in [5.74, 6) is 0.720. The fourth-order valence-electron chi connectivity index (χ4n) is 5.02. The molecule has 9 nitrogen and oxygen atoms in total. The molecule has 36 heavy (non-hydrogen) atoms. The van der Waals surface area contributed by atoms with Crippen molar-refractivity contribution < 1.29 is 14.6 Å². The van der Waals surface area contributed by atoms with Gasteiger partial charge in [0.25, 0.3) is 0 Å². The van der Waals surface area contributed by atoms with E-state index in [9.17, 15) is 9.90 Å². The van der Waals surface area contributed by atoms with Crippen molar-refractivity contribution in [3.05, 3.63) is 41.2 Å². The number of fused-ring (bicyclic) bond motifs is 2. The van der Waals surface area contributed by atoms with E-state index in [4.69, 9.17) is 9.72 Å². The number of hydrogen-bond donors (Lipinski definition) is 3. The van der Waals surface area contributed by atoms with E-state index in [-0.39, 0.29) is 6.10 Å². The lowest BCUT2D eigenvalue weighted by Crippen LogP contribution is -2.41. The van der Waals surface area contributed by atoms with E-state index in [0.29, 0.717) is 18.8 Å². The highest BCUT2D eigenvalue weighted by molar-refractivity contribution is 7.16. The quantitative estimate of drug-likeness (QED) is 0.354. The number of likely N-dealkylation sites (tertiary alicyclic amines) is 1. The summed E-state index contributed by atoms with van der Waals surface area (Å²) in [7, 11) is 0. The van der Waals surface area contributed by atoms with Crippen LogP contribution in [0.4, 0.5) is 11.6 Å². The zero-order chi connectivity index (χ0) is 24.7. The summed E-state index contributed by atoms with van der Waals surface area (Å²) in [6.07, 6.45) is 8.44. The third kappa shape index (κ3) is 6.29. The summed E-state index contributed by atoms with van der Waals surface area (Å²) in [6, 6.07) is 5.54. The Labute approximate surface area is 215 Å². The van der Waals surface area contributed by atoms with Crippen LogP contribution in [-0.4, -0.2) is 75.9 Å². The number of aliphatic carboxylic acids is 1. The zero-order valence-corrected chi connectivity index (χ0v) is 21.3. The molecule has 3 N–H and O–H groups in total. The predicted octanol–water partition coefficient (Wildman–Crippen LogP) is 3.81. The molecule has 3 aromatic heterocycles. The summed E-state index contributed by atoms with van der Waals surface area (Å²) in [4.78, 5) is 28.4. The molecule has 1 saturated heterocycles. The van der Waals surface area contributed by atoms with Gasteiger partial charge in [-0.2, -0.15) is 0 Å². The van der Waals surface area contributed by atoms with Gasteiger partial charge in [0.1, 0.15) is 28.8 Å². The molecule has 5 heterocycles. The molecular formula is C26H34N6O3S. The molecule has 1 fully saturated rings. The van der Waals surface area contributed by atoms with Crippen LogP contribution in [0, 0.1) is 0 Å². The molecule has 2 aliphatic heterocycles. The lowest BCUT2D eigenvalue weighted by Gasteiger charge is -2.32. The Morgan fingerprint density at radius 3 is 3.17 bits per heavy atom. The lowest BCUT2D eigenvalue weighted by molar-refractivity contribution is -0.138. The number of anilines is 2. The second-order valence-electron chi connectivity index (χ2n) is 9.57. The normalized spacial score (nSPS) is 18.9. The standard InChI is InChI=1S/C26H34N6O3S/c33-26(34)22(31-24-21-10-15-36-25(21)29-17-28-24)9-14-35-20-6-3-13-32(16-20)12-2-5-19-8-7-18-4-1-11-27-23(18)30-19/h7-8,10,15,17,20,22H,1-6,9,11-14,16H2,(H,27,30)(H,33,34)(H,28,29,31)/t20-,22-/m1/s1. The van der Waals surface area contributed by atoms with E-state index in [1.165, 1.54) is 29.6 Å². The molecule has 0 saturated carbocycles. The van der Waals surface area contributed by atoms with Crippen molar-refractivity contribution in [3.63, 3.8) is 0 Å². The third-order valence-electron chi connectivity index (χ3n) is 6.95. The van der Waals surface area contributed by atoms with Gasteiger partial charge in [0.2, 0.25) is 0 Å². The van der Waals surface area contributed by atoms with Gasteiger partial charge in [-0.15, -0.1) is 11.3 Å². The van der Waals surface area contributed by atoms with Gasteiger partial charge in [-0.3, -0.25) is 0 Å². The van der Waals surface area contributed by atoms with Crippen molar-refractivity contribution in [2.75, 3.05) is 43.4 Å². The van der Waals surface area contributed by atoms with Crippen LogP contribution in [0.15, 0.2) is 29.9 Å². The van der Waals surface area contributed by atoms with Gasteiger partial charge in [-0.25, -0.2) is 19.7 Å². The average molecular weight is 511 g/mol. The van der Waals surface area contributed by atoms with E-state index >= 15 is 0 Å². The second-order valence-corrected chi connectivity index (χ2v) is 10.5. The Morgan fingerprint density at radius 1 is 1.31 bits per heavy atom. The number of aromatic nitrogens is 3. The molecule has 0 radical (unpaired) electrons. The number of nitrogens with one attached hydrogen (secondary N) is 2. The predicted molar refractivity (Wildman–Crippen MR) is 142 cm³/mol. The van der Waals surface area contributed by atoms with Crippen molar-refractivity contribution >= 4 is 39.2 Å². The van der Waals surface area contributed by atoms with Gasteiger partial charge in [0.15, 0.2) is 0 Å². The Kier molecular flexibility index (Phi) is 8.25. The highest BCUT2D eigenvalue weighted by Gasteiger charge is 2.23. The maximum Gasteiger partial charge on any atom is 0.326 e. The van der Waals surface area contributed by atoms with Crippen LogP contribution in [0.3, 0.4) is 0 Å². The van der Waals surface area contributed by atoms with Crippen LogP contribution < -0.4 is 10.6 Å². The molecule has 0 unspecified atom stereocenters. The summed E-state index contributed by atoms with van der Waals surface area (Å²) in [6.45, 7) is 4.41. The monoisotopic (exact) mass is 510 g/mol. The maximum absolute atomic E-state index is 11.9. The van der Waals surface area contributed by atoms with Crippen molar-refractivity contribution in [3.8, 4) is 0 Å². The van der Waals surface area contributed by atoms with Crippen molar-refractivity contribution in [2.24, 2.45) is 0 Å². The van der Waals surface area contributed by atoms with Gasteiger partial charge >= 0.3 is 5.97 Å². The number of nitrogens with zero attached hydrogens (tertiary/aromatic N) is 4. The van der Waals surface area contributed by atoms with E-state index in [1.54, 1.807) is 0 Å². The fourth-order valence-corrected chi connectivity index (χ4v) is 5.76. The van der Waals surface area contributed by atoms with Crippen molar-refractivity contribution in [2.45, 2.75) is 57.1 Å². The number of piperidine rings is 1. The molecule has 0 aromatic carbocycles. The maximum atomic E-state index is 11.9. The van der Waals surface area contributed by atoms with Crippen LogP contribution in [0.25, 0.3) is 10.2 Å². The van der Waals surface area contributed by atoms with E-state index in [2.05, 4.69) is 37.6 Å². The Balaban J connectivity index is 1.05. The zero-order valence-electron chi connectivity index (χ0n) is 20.5. The SMILES string of the molecule is O=C(O)[C@@H](CCO[C@@H]1CCCN(CCCc2ccc3c(n2)NCCC3)C1)Nc1ncnc2sccc12. The third-order valence-corrected chi connectivity index (χ3v) is 7.77. The Morgan fingerprint density at radius 2 is 2.25 bits per heavy atom. The van der Waals surface area contributed by atoms with E-state index < -0.39 is 12.0 Å². The van der Waals surface area contributed by atoms with E-state index in [1.807, 2.05) is 11.4 Å². The number of carbonyl (C=O) groups is 1. The number of ether oxygens (including phenoxy) is 1. The van der Waals surface area contributed by atoms with Gasteiger partial charge in [-0.1, -0.05) is 6.07 Å². The fraction of sp³-hybridized carbons (Fsp3) is 0.538. The number of thiophene rings is 1. The molecular weight excluding hydrogens is 476 g/mol.